The molecule has 0 unspecified atom stereocenters. The second-order valence-electron chi connectivity index (χ2n) is 8.05. The normalized spacial score (nSPS) is 11.9. The van der Waals surface area contributed by atoms with Crippen LogP contribution < -0.4 is 10.0 Å². The quantitative estimate of drug-likeness (QED) is 0.621. The van der Waals surface area contributed by atoms with Gasteiger partial charge in [-0.25, -0.2) is 8.42 Å². The maximum absolute atomic E-state index is 13.0. The number of benzene rings is 2. The average molecular weight is 435 g/mol. The summed E-state index contributed by atoms with van der Waals surface area (Å²) in [6, 6.07) is 10.2. The topological polar surface area (TPSA) is 75.3 Å². The van der Waals surface area contributed by atoms with Crippen LogP contribution in [-0.2, 0) is 10.0 Å². The predicted octanol–water partition coefficient (Wildman–Crippen LogP) is 4.67. The molecule has 0 spiro atoms. The molecule has 0 bridgehead atoms. The molecule has 0 radical (unpaired) electrons. The summed E-state index contributed by atoms with van der Waals surface area (Å²) in [5.41, 5.74) is 3.33. The van der Waals surface area contributed by atoms with E-state index in [0.29, 0.717) is 23.4 Å². The maximum atomic E-state index is 13.0. The van der Waals surface area contributed by atoms with E-state index in [1.165, 1.54) is 6.07 Å². The van der Waals surface area contributed by atoms with Gasteiger partial charge in [-0.2, -0.15) is 11.8 Å². The maximum Gasteiger partial charge on any atom is 0.262 e. The monoisotopic (exact) mass is 434 g/mol. The molecule has 7 heteroatoms. The summed E-state index contributed by atoms with van der Waals surface area (Å²) >= 11 is 1.76. The fourth-order valence-corrected chi connectivity index (χ4v) is 4.93. The molecule has 0 aliphatic rings. The van der Waals surface area contributed by atoms with Gasteiger partial charge in [0.2, 0.25) is 0 Å². The van der Waals surface area contributed by atoms with Gasteiger partial charge < -0.3 is 5.32 Å². The number of nitrogens with one attached hydrogen (secondary N) is 2. The number of amides is 1. The number of carbonyl (C=O) groups excluding carboxylic acids is 1. The highest BCUT2D eigenvalue weighted by Gasteiger charge is 2.20. The third-order valence-corrected chi connectivity index (χ3v) is 7.29. The van der Waals surface area contributed by atoms with Gasteiger partial charge in [-0.15, -0.1) is 0 Å². The molecule has 0 aliphatic heterocycles. The van der Waals surface area contributed by atoms with E-state index in [1.54, 1.807) is 36.9 Å². The first-order chi connectivity index (χ1) is 13.4. The largest absolute Gasteiger partial charge is 0.351 e. The first-order valence-corrected chi connectivity index (χ1v) is 12.0. The molecule has 0 atom stereocenters. The molecule has 2 rings (SSSR count). The fraction of sp³-hybridized carbons (Fsp3) is 0.409. The Kier molecular flexibility index (Phi) is 7.40. The van der Waals surface area contributed by atoms with Gasteiger partial charge in [0, 0.05) is 22.6 Å². The Bertz CT molecular complexity index is 994. The number of hydrogen-bond donors (Lipinski definition) is 2. The smallest absolute Gasteiger partial charge is 0.262 e. The molecule has 2 aromatic rings. The van der Waals surface area contributed by atoms with E-state index >= 15 is 0 Å². The van der Waals surface area contributed by atoms with Gasteiger partial charge >= 0.3 is 0 Å². The Labute approximate surface area is 178 Å². The summed E-state index contributed by atoms with van der Waals surface area (Å²) in [6.45, 7) is 12.4. The lowest BCUT2D eigenvalue weighted by atomic mass is 10.1. The molecule has 1 amide bonds. The second kappa shape index (κ2) is 9.22. The number of anilines is 1. The Balaban J connectivity index is 2.19. The van der Waals surface area contributed by atoms with E-state index in [-0.39, 0.29) is 15.5 Å². The minimum atomic E-state index is -3.82. The molecule has 5 nitrogen and oxygen atoms in total. The van der Waals surface area contributed by atoms with Crippen LogP contribution in [0.25, 0.3) is 0 Å². The summed E-state index contributed by atoms with van der Waals surface area (Å²) < 4.78 is 28.8. The molecule has 0 saturated carbocycles. The Morgan fingerprint density at radius 3 is 2.38 bits per heavy atom. The van der Waals surface area contributed by atoms with Crippen molar-refractivity contribution in [3.63, 3.8) is 0 Å². The first kappa shape index (κ1) is 23.3. The zero-order valence-corrected chi connectivity index (χ0v) is 19.6. The van der Waals surface area contributed by atoms with Gasteiger partial charge in [-0.3, -0.25) is 9.52 Å². The van der Waals surface area contributed by atoms with E-state index in [2.05, 4.69) is 30.8 Å². The van der Waals surface area contributed by atoms with Crippen LogP contribution >= 0.6 is 11.8 Å². The van der Waals surface area contributed by atoms with Crippen LogP contribution in [-0.4, -0.2) is 31.4 Å². The average Bonchev–Trinajstić information content (AvgIpc) is 2.61. The molecule has 0 heterocycles. The lowest BCUT2D eigenvalue weighted by Crippen LogP contribution is -2.27. The fourth-order valence-electron chi connectivity index (χ4n) is 2.72. The van der Waals surface area contributed by atoms with Crippen molar-refractivity contribution in [3.8, 4) is 0 Å². The molecule has 2 N–H and O–H groups in total. The molecular weight excluding hydrogens is 404 g/mol. The number of aryl methyl sites for hydroxylation is 2. The van der Waals surface area contributed by atoms with Crippen LogP contribution in [0.3, 0.4) is 0 Å². The predicted molar refractivity (Wildman–Crippen MR) is 122 cm³/mol. The first-order valence-electron chi connectivity index (χ1n) is 9.52. The van der Waals surface area contributed by atoms with Crippen LogP contribution in [0, 0.1) is 20.8 Å². The molecule has 2 aromatic carbocycles. The minimum Gasteiger partial charge on any atom is -0.351 e. The lowest BCUT2D eigenvalue weighted by molar-refractivity contribution is 0.0956. The minimum absolute atomic E-state index is 0.107. The molecule has 0 aliphatic carbocycles. The summed E-state index contributed by atoms with van der Waals surface area (Å²) in [5, 5.41) is 2.86. The summed E-state index contributed by atoms with van der Waals surface area (Å²) in [5.74, 6) is 0.517. The molecule has 0 saturated heterocycles. The van der Waals surface area contributed by atoms with Crippen molar-refractivity contribution in [1.82, 2.24) is 5.32 Å². The number of rotatable bonds is 7. The van der Waals surface area contributed by atoms with E-state index in [0.717, 1.165) is 16.9 Å². The van der Waals surface area contributed by atoms with Gasteiger partial charge in [0.1, 0.15) is 0 Å². The van der Waals surface area contributed by atoms with Crippen LogP contribution in [0.5, 0.6) is 0 Å². The van der Waals surface area contributed by atoms with Gasteiger partial charge in [-0.05, 0) is 55.7 Å². The highest BCUT2D eigenvalue weighted by Crippen LogP contribution is 2.25. The Morgan fingerprint density at radius 2 is 1.72 bits per heavy atom. The highest BCUT2D eigenvalue weighted by atomic mass is 32.2. The number of sulfonamides is 1. The van der Waals surface area contributed by atoms with Crippen molar-refractivity contribution in [2.45, 2.75) is 51.2 Å². The molecule has 29 heavy (non-hydrogen) atoms. The third kappa shape index (κ3) is 6.51. The van der Waals surface area contributed by atoms with E-state index in [9.17, 15) is 13.2 Å². The summed E-state index contributed by atoms with van der Waals surface area (Å²) in [6.07, 6.45) is 0. The molecule has 0 fully saturated rings. The van der Waals surface area contributed by atoms with Gasteiger partial charge in [0.25, 0.3) is 15.9 Å². The van der Waals surface area contributed by atoms with Crippen LogP contribution in [0.15, 0.2) is 41.3 Å². The van der Waals surface area contributed by atoms with Crippen LogP contribution in [0.1, 0.15) is 47.8 Å². The zero-order valence-electron chi connectivity index (χ0n) is 17.9. The number of hydrogen-bond acceptors (Lipinski definition) is 4. The zero-order chi connectivity index (χ0) is 21.8. The standard InChI is InChI=1S/C22H30N2O3S2/c1-15-8-7-9-19(17(15)3)24-29(26,27)20-14-18(11-10-16(20)2)21(25)23-12-13-28-22(4,5)6/h7-11,14,24H,12-13H2,1-6H3,(H,23,25). The summed E-state index contributed by atoms with van der Waals surface area (Å²) in [7, 11) is -3.82. The van der Waals surface area contributed by atoms with Crippen molar-refractivity contribution in [2.24, 2.45) is 0 Å². The Hall–Kier alpha value is -1.99. The van der Waals surface area contributed by atoms with Crippen LogP contribution in [0.2, 0.25) is 0 Å². The van der Waals surface area contributed by atoms with E-state index in [1.807, 2.05) is 26.0 Å². The Morgan fingerprint density at radius 1 is 1.03 bits per heavy atom. The number of carbonyl (C=O) groups is 1. The third-order valence-electron chi connectivity index (χ3n) is 4.51. The van der Waals surface area contributed by atoms with Crippen LogP contribution in [0.4, 0.5) is 5.69 Å². The van der Waals surface area contributed by atoms with Crippen molar-refractivity contribution >= 4 is 33.4 Å². The van der Waals surface area contributed by atoms with Crippen molar-refractivity contribution in [3.05, 3.63) is 58.7 Å². The van der Waals surface area contributed by atoms with Crippen molar-refractivity contribution in [1.29, 1.82) is 0 Å². The SMILES string of the molecule is Cc1ccc(C(=O)NCCSC(C)(C)C)cc1S(=O)(=O)Nc1cccc(C)c1C. The van der Waals surface area contributed by atoms with Crippen molar-refractivity contribution in [2.75, 3.05) is 17.0 Å². The highest BCUT2D eigenvalue weighted by molar-refractivity contribution is 8.00. The van der Waals surface area contributed by atoms with Gasteiger partial charge in [-0.1, -0.05) is 39.0 Å². The summed E-state index contributed by atoms with van der Waals surface area (Å²) in [4.78, 5) is 12.6. The molecule has 0 aromatic heterocycles. The molecule has 158 valence electrons. The van der Waals surface area contributed by atoms with E-state index < -0.39 is 10.0 Å². The van der Waals surface area contributed by atoms with Gasteiger partial charge in [0.05, 0.1) is 10.6 Å². The van der Waals surface area contributed by atoms with Gasteiger partial charge in [0.15, 0.2) is 0 Å². The van der Waals surface area contributed by atoms with E-state index in [4.69, 9.17) is 0 Å². The molecular formula is C22H30N2O3S2. The van der Waals surface area contributed by atoms with Crippen molar-refractivity contribution < 1.29 is 13.2 Å². The second-order valence-corrected chi connectivity index (χ2v) is 11.6. The number of thioether (sulfide) groups is 1. The lowest BCUT2D eigenvalue weighted by Gasteiger charge is -2.17.